The molecule has 0 radical (unpaired) electrons. The molecule has 7 heteroatoms. The molecule has 4 rings (SSSR count). The number of benzene rings is 2. The molecule has 0 bridgehead atoms. The minimum absolute atomic E-state index is 0.0645. The first-order chi connectivity index (χ1) is 11.8. The molecule has 0 saturated heterocycles. The van der Waals surface area contributed by atoms with E-state index in [4.69, 9.17) is 5.14 Å². The van der Waals surface area contributed by atoms with Crippen molar-refractivity contribution in [3.05, 3.63) is 64.1 Å². The summed E-state index contributed by atoms with van der Waals surface area (Å²) in [6.07, 6.45) is 5.07. The van der Waals surface area contributed by atoms with Crippen molar-refractivity contribution in [1.29, 1.82) is 0 Å². The number of nitrogens with one attached hydrogen (secondary N) is 1. The lowest BCUT2D eigenvalue weighted by molar-refractivity contribution is 0.402. The molecule has 0 spiro atoms. The van der Waals surface area contributed by atoms with Gasteiger partial charge in [-0.15, -0.1) is 0 Å². The average molecular weight is 421 g/mol. The summed E-state index contributed by atoms with van der Waals surface area (Å²) in [7, 11) is -3.74. The van der Waals surface area contributed by atoms with Crippen molar-refractivity contribution in [2.45, 2.75) is 23.3 Å². The van der Waals surface area contributed by atoms with Gasteiger partial charge < -0.3 is 10.4 Å². The Bertz CT molecular complexity index is 988. The molecule has 3 unspecified atom stereocenters. The van der Waals surface area contributed by atoms with E-state index >= 15 is 0 Å². The number of fused-ring (bicyclic) bond motifs is 3. The Morgan fingerprint density at radius 3 is 2.72 bits per heavy atom. The summed E-state index contributed by atoms with van der Waals surface area (Å²) < 4.78 is 24.3. The standard InChI is InChI=1S/C18H17BrN2O3S/c19-10-4-7-17(22)15(8-10)18-13-3-1-2-12(13)14-9-11(25(20,23)24)5-6-16(14)21-18/h1-2,4-9,12-13,18,21-22H,3H2,(H2,20,23,24). The predicted molar refractivity (Wildman–Crippen MR) is 100.0 cm³/mol. The van der Waals surface area contributed by atoms with Gasteiger partial charge in [-0.3, -0.25) is 0 Å². The molecule has 25 heavy (non-hydrogen) atoms. The Morgan fingerprint density at radius 2 is 1.96 bits per heavy atom. The van der Waals surface area contributed by atoms with Crippen molar-refractivity contribution in [1.82, 2.24) is 0 Å². The zero-order valence-corrected chi connectivity index (χ0v) is 15.6. The van der Waals surface area contributed by atoms with Crippen LogP contribution in [0.25, 0.3) is 0 Å². The highest BCUT2D eigenvalue weighted by Gasteiger charge is 2.39. The highest BCUT2D eigenvalue weighted by Crippen LogP contribution is 2.51. The quantitative estimate of drug-likeness (QED) is 0.646. The zero-order chi connectivity index (χ0) is 17.8. The van der Waals surface area contributed by atoms with Crippen molar-refractivity contribution in [3.63, 3.8) is 0 Å². The maximum absolute atomic E-state index is 11.7. The normalized spacial score (nSPS) is 24.5. The van der Waals surface area contributed by atoms with Crippen LogP contribution in [0.5, 0.6) is 5.75 Å². The first-order valence-electron chi connectivity index (χ1n) is 7.93. The molecule has 0 aromatic heterocycles. The van der Waals surface area contributed by atoms with Gasteiger partial charge in [-0.25, -0.2) is 13.6 Å². The number of rotatable bonds is 2. The van der Waals surface area contributed by atoms with Gasteiger partial charge in [0.2, 0.25) is 10.0 Å². The van der Waals surface area contributed by atoms with Crippen LogP contribution in [0.2, 0.25) is 0 Å². The fourth-order valence-electron chi connectivity index (χ4n) is 3.83. The highest BCUT2D eigenvalue weighted by atomic mass is 79.9. The Balaban J connectivity index is 1.83. The van der Waals surface area contributed by atoms with Gasteiger partial charge in [0, 0.05) is 21.6 Å². The Hall–Kier alpha value is -1.83. The van der Waals surface area contributed by atoms with Gasteiger partial charge in [0.15, 0.2) is 0 Å². The maximum Gasteiger partial charge on any atom is 0.238 e. The van der Waals surface area contributed by atoms with Crippen LogP contribution in [0.15, 0.2) is 57.9 Å². The smallest absolute Gasteiger partial charge is 0.238 e. The van der Waals surface area contributed by atoms with E-state index in [1.165, 1.54) is 6.07 Å². The number of anilines is 1. The van der Waals surface area contributed by atoms with Gasteiger partial charge in [-0.1, -0.05) is 28.1 Å². The molecular formula is C18H17BrN2O3S. The third-order valence-electron chi connectivity index (χ3n) is 4.99. The van der Waals surface area contributed by atoms with E-state index in [9.17, 15) is 13.5 Å². The minimum atomic E-state index is -3.74. The van der Waals surface area contributed by atoms with E-state index in [-0.39, 0.29) is 28.5 Å². The summed E-state index contributed by atoms with van der Waals surface area (Å²) in [5.74, 6) is 0.528. The van der Waals surface area contributed by atoms with Crippen LogP contribution in [-0.4, -0.2) is 13.5 Å². The number of aromatic hydroxyl groups is 1. The predicted octanol–water partition coefficient (Wildman–Crippen LogP) is 3.63. The summed E-state index contributed by atoms with van der Waals surface area (Å²) >= 11 is 3.46. The van der Waals surface area contributed by atoms with E-state index in [0.29, 0.717) is 0 Å². The SMILES string of the molecule is NS(=O)(=O)c1ccc2c(c1)C1C=CCC1C(c1cc(Br)ccc1O)N2. The van der Waals surface area contributed by atoms with Gasteiger partial charge in [-0.05, 0) is 54.3 Å². The summed E-state index contributed by atoms with van der Waals surface area (Å²) in [5.41, 5.74) is 2.62. The van der Waals surface area contributed by atoms with Crippen molar-refractivity contribution in [2.75, 3.05) is 5.32 Å². The average Bonchev–Trinajstić information content (AvgIpc) is 3.05. The second kappa shape index (κ2) is 5.86. The second-order valence-corrected chi connectivity index (χ2v) is 8.95. The number of primary sulfonamides is 1. The second-order valence-electron chi connectivity index (χ2n) is 6.47. The molecule has 5 nitrogen and oxygen atoms in total. The number of hydrogen-bond acceptors (Lipinski definition) is 4. The maximum atomic E-state index is 11.7. The topological polar surface area (TPSA) is 92.4 Å². The van der Waals surface area contributed by atoms with Crippen LogP contribution < -0.4 is 10.5 Å². The summed E-state index contributed by atoms with van der Waals surface area (Å²) in [6.45, 7) is 0. The third-order valence-corrected chi connectivity index (χ3v) is 6.39. The van der Waals surface area contributed by atoms with Crippen molar-refractivity contribution in [3.8, 4) is 5.75 Å². The van der Waals surface area contributed by atoms with Crippen molar-refractivity contribution >= 4 is 31.6 Å². The number of phenolic OH excluding ortho intramolecular Hbond substituents is 1. The van der Waals surface area contributed by atoms with Gasteiger partial charge >= 0.3 is 0 Å². The van der Waals surface area contributed by atoms with Crippen LogP contribution in [-0.2, 0) is 10.0 Å². The van der Waals surface area contributed by atoms with Gasteiger partial charge in [0.05, 0.1) is 10.9 Å². The van der Waals surface area contributed by atoms with Gasteiger partial charge in [-0.2, -0.15) is 0 Å². The van der Waals surface area contributed by atoms with Gasteiger partial charge in [0.1, 0.15) is 5.75 Å². The summed E-state index contributed by atoms with van der Waals surface area (Å²) in [4.78, 5) is 0.121. The Morgan fingerprint density at radius 1 is 1.16 bits per heavy atom. The number of sulfonamides is 1. The van der Waals surface area contributed by atoms with E-state index in [1.54, 1.807) is 24.3 Å². The number of halogens is 1. The Kier molecular flexibility index (Phi) is 3.90. The molecule has 3 atom stereocenters. The lowest BCUT2D eigenvalue weighted by atomic mass is 9.77. The van der Waals surface area contributed by atoms with Gasteiger partial charge in [0.25, 0.3) is 0 Å². The molecule has 0 amide bonds. The number of hydrogen-bond donors (Lipinski definition) is 3. The molecule has 0 fully saturated rings. The fraction of sp³-hybridized carbons (Fsp3) is 0.222. The zero-order valence-electron chi connectivity index (χ0n) is 13.2. The lowest BCUT2D eigenvalue weighted by Gasteiger charge is -2.38. The monoisotopic (exact) mass is 420 g/mol. The fourth-order valence-corrected chi connectivity index (χ4v) is 4.76. The van der Waals surface area contributed by atoms with E-state index in [2.05, 4.69) is 33.4 Å². The molecular weight excluding hydrogens is 404 g/mol. The molecule has 1 heterocycles. The number of allylic oxidation sites excluding steroid dienone is 2. The summed E-state index contributed by atoms with van der Waals surface area (Å²) in [6, 6.07) is 10.3. The molecule has 130 valence electrons. The molecule has 1 aliphatic carbocycles. The van der Waals surface area contributed by atoms with Crippen molar-refractivity contribution in [2.24, 2.45) is 11.1 Å². The van der Waals surface area contributed by atoms with E-state index < -0.39 is 10.0 Å². The molecule has 0 saturated carbocycles. The third kappa shape index (κ3) is 2.86. The number of phenols is 1. The van der Waals surface area contributed by atoms with Crippen LogP contribution in [0, 0.1) is 5.92 Å². The lowest BCUT2D eigenvalue weighted by Crippen LogP contribution is -2.29. The van der Waals surface area contributed by atoms with E-state index in [1.807, 2.05) is 6.07 Å². The van der Waals surface area contributed by atoms with Crippen LogP contribution in [0.4, 0.5) is 5.69 Å². The minimum Gasteiger partial charge on any atom is -0.508 e. The van der Waals surface area contributed by atoms with Crippen molar-refractivity contribution < 1.29 is 13.5 Å². The van der Waals surface area contributed by atoms with Crippen LogP contribution in [0.3, 0.4) is 0 Å². The molecule has 1 aliphatic heterocycles. The van der Waals surface area contributed by atoms with Crippen LogP contribution in [0.1, 0.15) is 29.5 Å². The first kappa shape index (κ1) is 16.6. The Labute approximate surface area is 154 Å². The molecule has 2 aromatic carbocycles. The summed E-state index contributed by atoms with van der Waals surface area (Å²) in [5, 5.41) is 19.1. The van der Waals surface area contributed by atoms with Crippen LogP contribution >= 0.6 is 15.9 Å². The number of nitrogens with two attached hydrogens (primary N) is 1. The largest absolute Gasteiger partial charge is 0.508 e. The molecule has 2 aliphatic rings. The molecule has 2 aromatic rings. The molecule has 4 N–H and O–H groups in total. The highest BCUT2D eigenvalue weighted by molar-refractivity contribution is 9.10. The first-order valence-corrected chi connectivity index (χ1v) is 10.3. The van der Waals surface area contributed by atoms with E-state index in [0.717, 1.165) is 27.7 Å².